The molecule has 0 aliphatic carbocycles. The largest absolute Gasteiger partial charge is 0.368 e. The van der Waals surface area contributed by atoms with Crippen molar-refractivity contribution in [3.8, 4) is 0 Å². The predicted octanol–water partition coefficient (Wildman–Crippen LogP) is 0.845. The van der Waals surface area contributed by atoms with Crippen molar-refractivity contribution < 1.29 is 4.79 Å². The maximum Gasteiger partial charge on any atom is 0.240 e. The van der Waals surface area contributed by atoms with E-state index in [-0.39, 0.29) is 11.9 Å². The van der Waals surface area contributed by atoms with Crippen LogP contribution >= 0.6 is 0 Å². The third-order valence-corrected chi connectivity index (χ3v) is 2.74. The van der Waals surface area contributed by atoms with Crippen LogP contribution in [0.25, 0.3) is 0 Å². The van der Waals surface area contributed by atoms with Crippen molar-refractivity contribution in [2.45, 2.75) is 25.9 Å². The van der Waals surface area contributed by atoms with E-state index in [0.717, 1.165) is 11.3 Å². The van der Waals surface area contributed by atoms with Gasteiger partial charge in [0.2, 0.25) is 5.91 Å². The summed E-state index contributed by atoms with van der Waals surface area (Å²) in [5, 5.41) is 0. The molecule has 0 spiro atoms. The minimum absolute atomic E-state index is 0.270. The third-order valence-electron chi connectivity index (χ3n) is 2.74. The van der Waals surface area contributed by atoms with E-state index >= 15 is 0 Å². The molecule has 0 aliphatic rings. The van der Waals surface area contributed by atoms with Crippen LogP contribution in [0.4, 0.5) is 5.69 Å². The molecule has 4 N–H and O–H groups in total. The molecular weight excluding hydrogens is 202 g/mol. The van der Waals surface area contributed by atoms with Gasteiger partial charge in [0.1, 0.15) is 6.04 Å². The van der Waals surface area contributed by atoms with Crippen molar-refractivity contribution >= 4 is 11.6 Å². The van der Waals surface area contributed by atoms with Crippen LogP contribution < -0.4 is 16.4 Å². The lowest BCUT2D eigenvalue weighted by molar-refractivity contribution is -0.119. The molecule has 1 unspecified atom stereocenters. The number of benzene rings is 1. The molecule has 0 saturated heterocycles. The van der Waals surface area contributed by atoms with Gasteiger partial charge in [-0.2, -0.15) is 0 Å². The number of hydrogen-bond donors (Lipinski definition) is 2. The summed E-state index contributed by atoms with van der Waals surface area (Å²) in [5.74, 6) is -0.303. The van der Waals surface area contributed by atoms with Gasteiger partial charge in [-0.15, -0.1) is 0 Å². The van der Waals surface area contributed by atoms with Crippen molar-refractivity contribution in [2.24, 2.45) is 11.5 Å². The quantitative estimate of drug-likeness (QED) is 0.774. The molecule has 0 radical (unpaired) electrons. The molecule has 0 heterocycles. The van der Waals surface area contributed by atoms with E-state index in [1.165, 1.54) is 0 Å². The molecule has 0 saturated carbocycles. The average Bonchev–Trinajstić information content (AvgIpc) is 2.29. The predicted molar refractivity (Wildman–Crippen MR) is 66.0 cm³/mol. The molecule has 1 aromatic rings. The molecule has 88 valence electrons. The summed E-state index contributed by atoms with van der Waals surface area (Å²) < 4.78 is 0. The van der Waals surface area contributed by atoms with Crippen LogP contribution in [0.2, 0.25) is 0 Å². The SMILES string of the molecule is CCC(C(N)=O)N(C)c1cccc(CN)c1. The summed E-state index contributed by atoms with van der Waals surface area (Å²) in [6.07, 6.45) is 0.693. The van der Waals surface area contributed by atoms with E-state index in [9.17, 15) is 4.79 Å². The number of nitrogens with zero attached hydrogens (tertiary/aromatic N) is 1. The molecule has 0 fully saturated rings. The Morgan fingerprint density at radius 3 is 2.69 bits per heavy atom. The molecule has 1 rings (SSSR count). The number of amides is 1. The van der Waals surface area contributed by atoms with Crippen molar-refractivity contribution in [2.75, 3.05) is 11.9 Å². The van der Waals surface area contributed by atoms with E-state index in [0.29, 0.717) is 13.0 Å². The van der Waals surface area contributed by atoms with Gasteiger partial charge in [0.25, 0.3) is 0 Å². The number of likely N-dealkylation sites (N-methyl/N-ethyl adjacent to an activating group) is 1. The Morgan fingerprint density at radius 1 is 1.50 bits per heavy atom. The van der Waals surface area contributed by atoms with E-state index in [2.05, 4.69) is 0 Å². The molecule has 1 aromatic carbocycles. The number of rotatable bonds is 5. The smallest absolute Gasteiger partial charge is 0.240 e. The fourth-order valence-corrected chi connectivity index (χ4v) is 1.75. The number of carbonyl (C=O) groups is 1. The molecule has 16 heavy (non-hydrogen) atoms. The average molecular weight is 221 g/mol. The van der Waals surface area contributed by atoms with E-state index < -0.39 is 0 Å². The van der Waals surface area contributed by atoms with E-state index in [4.69, 9.17) is 11.5 Å². The lowest BCUT2D eigenvalue weighted by atomic mass is 10.1. The van der Waals surface area contributed by atoms with E-state index in [1.54, 1.807) is 0 Å². The molecule has 0 aromatic heterocycles. The van der Waals surface area contributed by atoms with Gasteiger partial charge in [-0.3, -0.25) is 4.79 Å². The summed E-state index contributed by atoms with van der Waals surface area (Å²) >= 11 is 0. The second-order valence-electron chi connectivity index (χ2n) is 3.81. The zero-order valence-electron chi connectivity index (χ0n) is 9.81. The van der Waals surface area contributed by atoms with Crippen molar-refractivity contribution in [1.29, 1.82) is 0 Å². The molecule has 0 aliphatic heterocycles. The topological polar surface area (TPSA) is 72.4 Å². The van der Waals surface area contributed by atoms with Crippen LogP contribution in [0.5, 0.6) is 0 Å². The number of nitrogens with two attached hydrogens (primary N) is 2. The number of primary amides is 1. The van der Waals surface area contributed by atoms with Crippen molar-refractivity contribution in [3.05, 3.63) is 29.8 Å². The van der Waals surface area contributed by atoms with Crippen molar-refractivity contribution in [1.82, 2.24) is 0 Å². The van der Waals surface area contributed by atoms with Gasteiger partial charge in [0.05, 0.1) is 0 Å². The Labute approximate surface area is 96.2 Å². The van der Waals surface area contributed by atoms with Gasteiger partial charge >= 0.3 is 0 Å². The van der Waals surface area contributed by atoms with Crippen LogP contribution in [0.15, 0.2) is 24.3 Å². The number of anilines is 1. The van der Waals surface area contributed by atoms with Gasteiger partial charge < -0.3 is 16.4 Å². The molecular formula is C12H19N3O. The number of carbonyl (C=O) groups excluding carboxylic acids is 1. The maximum atomic E-state index is 11.3. The highest BCUT2D eigenvalue weighted by Gasteiger charge is 2.18. The Balaban J connectivity index is 2.93. The summed E-state index contributed by atoms with van der Waals surface area (Å²) in [4.78, 5) is 13.1. The first-order valence-electron chi connectivity index (χ1n) is 5.41. The second kappa shape index (κ2) is 5.51. The summed E-state index contributed by atoms with van der Waals surface area (Å²) in [6, 6.07) is 7.55. The highest BCUT2D eigenvalue weighted by atomic mass is 16.1. The Morgan fingerprint density at radius 2 is 2.19 bits per heavy atom. The minimum atomic E-state index is -0.303. The summed E-state index contributed by atoms with van der Waals surface area (Å²) in [6.45, 7) is 2.44. The number of hydrogen-bond acceptors (Lipinski definition) is 3. The molecule has 4 nitrogen and oxygen atoms in total. The van der Waals surface area contributed by atoms with Gasteiger partial charge in [-0.05, 0) is 24.1 Å². The zero-order chi connectivity index (χ0) is 12.1. The minimum Gasteiger partial charge on any atom is -0.368 e. The van der Waals surface area contributed by atoms with Crippen LogP contribution in [0.3, 0.4) is 0 Å². The zero-order valence-corrected chi connectivity index (χ0v) is 9.81. The molecule has 1 amide bonds. The highest BCUT2D eigenvalue weighted by molar-refractivity contribution is 5.83. The first-order valence-corrected chi connectivity index (χ1v) is 5.41. The van der Waals surface area contributed by atoms with Crippen LogP contribution in [-0.2, 0) is 11.3 Å². The van der Waals surface area contributed by atoms with Crippen LogP contribution in [0.1, 0.15) is 18.9 Å². The Bertz CT molecular complexity index is 365. The summed E-state index contributed by atoms with van der Waals surface area (Å²) in [7, 11) is 1.87. The Hall–Kier alpha value is -1.55. The monoisotopic (exact) mass is 221 g/mol. The first kappa shape index (κ1) is 12.5. The van der Waals surface area contributed by atoms with Crippen LogP contribution in [-0.4, -0.2) is 19.0 Å². The lowest BCUT2D eigenvalue weighted by Gasteiger charge is -2.27. The first-order chi connectivity index (χ1) is 7.60. The highest BCUT2D eigenvalue weighted by Crippen LogP contribution is 2.18. The third kappa shape index (κ3) is 2.73. The fraction of sp³-hybridized carbons (Fsp3) is 0.417. The molecule has 4 heteroatoms. The van der Waals surface area contributed by atoms with Crippen molar-refractivity contribution in [3.63, 3.8) is 0 Å². The lowest BCUT2D eigenvalue weighted by Crippen LogP contribution is -2.42. The van der Waals surface area contributed by atoms with Gasteiger partial charge in [-0.1, -0.05) is 19.1 Å². The standard InChI is InChI=1S/C12H19N3O/c1-3-11(12(14)16)15(2)10-6-4-5-9(7-10)8-13/h4-7,11H,3,8,13H2,1-2H3,(H2,14,16). The Kier molecular flexibility index (Phi) is 4.31. The van der Waals surface area contributed by atoms with Gasteiger partial charge in [-0.25, -0.2) is 0 Å². The second-order valence-corrected chi connectivity index (χ2v) is 3.81. The van der Waals surface area contributed by atoms with Gasteiger partial charge in [0.15, 0.2) is 0 Å². The molecule has 0 bridgehead atoms. The summed E-state index contributed by atoms with van der Waals surface area (Å²) in [5.41, 5.74) is 12.9. The maximum absolute atomic E-state index is 11.3. The van der Waals surface area contributed by atoms with Gasteiger partial charge in [0, 0.05) is 19.3 Å². The fourth-order valence-electron chi connectivity index (χ4n) is 1.75. The molecule has 1 atom stereocenters. The van der Waals surface area contributed by atoms with E-state index in [1.807, 2.05) is 43.1 Å². The van der Waals surface area contributed by atoms with Crippen LogP contribution in [0, 0.1) is 0 Å². The normalized spacial score (nSPS) is 12.2.